The van der Waals surface area contributed by atoms with E-state index in [1.54, 1.807) is 0 Å². The van der Waals surface area contributed by atoms with Crippen LogP contribution < -0.4 is 0 Å². The smallest absolute Gasteiger partial charge is 0.0666 e. The molecule has 0 aliphatic carbocycles. The van der Waals surface area contributed by atoms with E-state index in [0.29, 0.717) is 0 Å². The van der Waals surface area contributed by atoms with E-state index in [2.05, 4.69) is 10.2 Å². The molecule has 1 radical (unpaired) electrons. The average Bonchev–Trinajstić information content (AvgIpc) is 1.90. The second-order valence-corrected chi connectivity index (χ2v) is 1.89. The molecule has 0 aliphatic heterocycles. The van der Waals surface area contributed by atoms with Crippen molar-refractivity contribution in [3.05, 3.63) is 29.9 Å². The van der Waals surface area contributed by atoms with Crippen molar-refractivity contribution >= 4 is 0 Å². The van der Waals surface area contributed by atoms with Crippen molar-refractivity contribution in [1.29, 1.82) is 0 Å². The Balaban J connectivity index is 2.88. The molecule has 0 bridgehead atoms. The van der Waals surface area contributed by atoms with E-state index in [-0.39, 0.29) is 0 Å². The van der Waals surface area contributed by atoms with Gasteiger partial charge in [0.25, 0.3) is 0 Å². The number of nitrogens with zero attached hydrogens (tertiary/aromatic N) is 2. The zero-order valence-electron chi connectivity index (χ0n) is 5.63. The third kappa shape index (κ3) is 1.49. The molecule has 9 heavy (non-hydrogen) atoms. The van der Waals surface area contributed by atoms with Crippen LogP contribution in [0.2, 0.25) is 0 Å². The molecule has 0 spiro atoms. The Hall–Kier alpha value is -0.920. The number of hydrogen-bond acceptors (Lipinski definition) is 2. The lowest BCUT2D eigenvalue weighted by Gasteiger charge is -1.91. The molecule has 0 saturated carbocycles. The second-order valence-electron chi connectivity index (χ2n) is 1.89. The average molecular weight is 121 g/mol. The predicted molar refractivity (Wildman–Crippen MR) is 35.8 cm³/mol. The van der Waals surface area contributed by atoms with Crippen LogP contribution in [0.25, 0.3) is 0 Å². The van der Waals surface area contributed by atoms with Crippen molar-refractivity contribution in [1.82, 2.24) is 10.2 Å². The molecule has 0 amide bonds. The molecule has 0 unspecified atom stereocenters. The summed E-state index contributed by atoms with van der Waals surface area (Å²) in [5, 5.41) is 7.76. The predicted octanol–water partition coefficient (Wildman–Crippen LogP) is 1.36. The summed E-state index contributed by atoms with van der Waals surface area (Å²) in [6.07, 6.45) is 1.92. The zero-order valence-corrected chi connectivity index (χ0v) is 5.63. The molecule has 1 rings (SSSR count). The number of rotatable bonds is 1. The summed E-state index contributed by atoms with van der Waals surface area (Å²) >= 11 is 0. The Morgan fingerprint density at radius 3 is 2.56 bits per heavy atom. The maximum Gasteiger partial charge on any atom is 0.0666 e. The summed E-state index contributed by atoms with van der Waals surface area (Å²) in [4.78, 5) is 0. The van der Waals surface area contributed by atoms with Gasteiger partial charge in [0.1, 0.15) is 0 Å². The van der Waals surface area contributed by atoms with Crippen LogP contribution in [0.3, 0.4) is 0 Å². The maximum absolute atomic E-state index is 3.89. The molecule has 0 aliphatic rings. The Morgan fingerprint density at radius 1 is 1.33 bits per heavy atom. The van der Waals surface area contributed by atoms with Crippen LogP contribution in [-0.2, 0) is 0 Å². The standard InChI is InChI=1S/C7H9N2/c1-3-7-5-4-6(2)8-9-7/h3-5H,1-2H3. The Bertz CT molecular complexity index is 179. The molecule has 0 aromatic carbocycles. The molecule has 1 aromatic rings. The van der Waals surface area contributed by atoms with Gasteiger partial charge in [-0.3, -0.25) is 0 Å². The summed E-state index contributed by atoms with van der Waals surface area (Å²) in [6, 6.07) is 3.89. The monoisotopic (exact) mass is 121 g/mol. The number of aryl methyl sites for hydroxylation is 1. The van der Waals surface area contributed by atoms with Gasteiger partial charge in [0.15, 0.2) is 0 Å². The molecular formula is C7H9N2. The normalized spacial score (nSPS) is 9.56. The van der Waals surface area contributed by atoms with Crippen molar-refractivity contribution in [2.24, 2.45) is 0 Å². The van der Waals surface area contributed by atoms with Gasteiger partial charge >= 0.3 is 0 Å². The molecule has 2 nitrogen and oxygen atoms in total. The van der Waals surface area contributed by atoms with Crippen LogP contribution in [0, 0.1) is 13.3 Å². The molecule has 0 fully saturated rings. The van der Waals surface area contributed by atoms with E-state index < -0.39 is 0 Å². The first kappa shape index (κ1) is 6.20. The molecule has 0 N–H and O–H groups in total. The summed E-state index contributed by atoms with van der Waals surface area (Å²) in [5.41, 5.74) is 1.89. The first-order chi connectivity index (χ1) is 4.33. The van der Waals surface area contributed by atoms with Gasteiger partial charge in [-0.2, -0.15) is 10.2 Å². The van der Waals surface area contributed by atoms with Crippen LogP contribution in [-0.4, -0.2) is 10.2 Å². The molecule has 0 saturated heterocycles. The third-order valence-electron chi connectivity index (χ3n) is 1.11. The van der Waals surface area contributed by atoms with E-state index >= 15 is 0 Å². The fraction of sp³-hybridized carbons (Fsp3) is 0.286. The number of hydrogen-bond donors (Lipinski definition) is 0. The third-order valence-corrected chi connectivity index (χ3v) is 1.11. The minimum atomic E-state index is 0.931. The van der Waals surface area contributed by atoms with Gasteiger partial charge in [-0.15, -0.1) is 0 Å². The quantitative estimate of drug-likeness (QED) is 0.560. The Morgan fingerprint density at radius 2 is 2.11 bits per heavy atom. The van der Waals surface area contributed by atoms with Gasteiger partial charge in [0, 0.05) is 6.42 Å². The first-order valence-corrected chi connectivity index (χ1v) is 2.92. The van der Waals surface area contributed by atoms with Crippen molar-refractivity contribution in [2.75, 3.05) is 0 Å². The topological polar surface area (TPSA) is 25.8 Å². The van der Waals surface area contributed by atoms with E-state index in [4.69, 9.17) is 0 Å². The lowest BCUT2D eigenvalue weighted by molar-refractivity contribution is 0.946. The van der Waals surface area contributed by atoms with Crippen molar-refractivity contribution in [2.45, 2.75) is 13.8 Å². The SMILES string of the molecule is C[CH]c1ccc(C)nn1. The summed E-state index contributed by atoms with van der Waals surface area (Å²) in [6.45, 7) is 3.87. The highest BCUT2D eigenvalue weighted by Gasteiger charge is 1.88. The maximum atomic E-state index is 3.89. The molecule has 0 atom stereocenters. The first-order valence-electron chi connectivity index (χ1n) is 2.92. The Labute approximate surface area is 54.9 Å². The minimum Gasteiger partial charge on any atom is -0.156 e. The van der Waals surface area contributed by atoms with Gasteiger partial charge in [-0.25, -0.2) is 0 Å². The highest BCUT2D eigenvalue weighted by atomic mass is 15.1. The van der Waals surface area contributed by atoms with Crippen molar-refractivity contribution in [3.8, 4) is 0 Å². The van der Waals surface area contributed by atoms with Crippen LogP contribution >= 0.6 is 0 Å². The van der Waals surface area contributed by atoms with E-state index in [9.17, 15) is 0 Å². The van der Waals surface area contributed by atoms with Crippen LogP contribution in [0.4, 0.5) is 0 Å². The summed E-state index contributed by atoms with van der Waals surface area (Å²) < 4.78 is 0. The van der Waals surface area contributed by atoms with E-state index in [1.165, 1.54) is 0 Å². The van der Waals surface area contributed by atoms with Crippen molar-refractivity contribution in [3.63, 3.8) is 0 Å². The van der Waals surface area contributed by atoms with E-state index in [1.807, 2.05) is 32.4 Å². The van der Waals surface area contributed by atoms with Crippen molar-refractivity contribution < 1.29 is 0 Å². The lowest BCUT2D eigenvalue weighted by atomic mass is 10.3. The molecule has 47 valence electrons. The van der Waals surface area contributed by atoms with Crippen LogP contribution in [0.1, 0.15) is 18.3 Å². The van der Waals surface area contributed by atoms with Crippen LogP contribution in [0.5, 0.6) is 0 Å². The zero-order chi connectivity index (χ0) is 6.69. The van der Waals surface area contributed by atoms with Gasteiger partial charge in [0.05, 0.1) is 11.4 Å². The fourth-order valence-corrected chi connectivity index (χ4v) is 0.563. The fourth-order valence-electron chi connectivity index (χ4n) is 0.563. The van der Waals surface area contributed by atoms with Gasteiger partial charge in [-0.05, 0) is 19.1 Å². The van der Waals surface area contributed by atoms with Gasteiger partial charge in [0.2, 0.25) is 0 Å². The lowest BCUT2D eigenvalue weighted by Crippen LogP contribution is -1.89. The van der Waals surface area contributed by atoms with Crippen LogP contribution in [0.15, 0.2) is 12.1 Å². The summed E-state index contributed by atoms with van der Waals surface area (Å²) in [7, 11) is 0. The minimum absolute atomic E-state index is 0.931. The molecule has 1 aromatic heterocycles. The van der Waals surface area contributed by atoms with Gasteiger partial charge < -0.3 is 0 Å². The highest BCUT2D eigenvalue weighted by molar-refractivity contribution is 5.11. The molecule has 1 heterocycles. The highest BCUT2D eigenvalue weighted by Crippen LogP contribution is 1.95. The van der Waals surface area contributed by atoms with E-state index in [0.717, 1.165) is 11.4 Å². The molecular weight excluding hydrogens is 112 g/mol. The van der Waals surface area contributed by atoms with Gasteiger partial charge in [-0.1, -0.05) is 6.92 Å². The Kier molecular flexibility index (Phi) is 1.78. The summed E-state index contributed by atoms with van der Waals surface area (Å²) in [5.74, 6) is 0. The molecule has 2 heteroatoms. The largest absolute Gasteiger partial charge is 0.156 e. The number of aromatic nitrogens is 2. The second kappa shape index (κ2) is 2.58.